The molecular formula is C53H30N4O2. The van der Waals surface area contributed by atoms with E-state index < -0.39 is 0 Å². The molecule has 0 unspecified atom stereocenters. The van der Waals surface area contributed by atoms with E-state index in [1.54, 1.807) is 0 Å². The molecule has 6 nitrogen and oxygen atoms in total. The quantitative estimate of drug-likeness (QED) is 0.179. The van der Waals surface area contributed by atoms with Crippen molar-refractivity contribution >= 4 is 87.2 Å². The molecule has 4 heterocycles. The minimum absolute atomic E-state index is 0.518. The minimum Gasteiger partial charge on any atom is -0.456 e. The number of fused-ring (bicyclic) bond motifs is 13. The Morgan fingerprint density at radius 1 is 0.373 bits per heavy atom. The highest BCUT2D eigenvalue weighted by molar-refractivity contribution is 6.25. The third kappa shape index (κ3) is 4.71. The van der Waals surface area contributed by atoms with E-state index in [-0.39, 0.29) is 0 Å². The summed E-state index contributed by atoms with van der Waals surface area (Å²) in [5, 5.41) is 11.2. The molecule has 0 aliphatic rings. The first-order valence-electron chi connectivity index (χ1n) is 19.8. The van der Waals surface area contributed by atoms with E-state index in [0.29, 0.717) is 17.6 Å². The summed E-state index contributed by atoms with van der Waals surface area (Å²) in [6, 6.07) is 63.2. The molecule has 0 amide bonds. The maximum Gasteiger partial charge on any atom is 0.238 e. The molecule has 6 heteroatoms. The van der Waals surface area contributed by atoms with Gasteiger partial charge in [-0.25, -0.2) is 4.98 Å². The molecular weight excluding hydrogens is 725 g/mol. The van der Waals surface area contributed by atoms with Crippen molar-refractivity contribution in [1.82, 2.24) is 19.5 Å². The zero-order valence-corrected chi connectivity index (χ0v) is 31.4. The van der Waals surface area contributed by atoms with Crippen molar-refractivity contribution in [2.24, 2.45) is 0 Å². The van der Waals surface area contributed by atoms with Crippen LogP contribution in [0.2, 0.25) is 0 Å². The molecule has 13 aromatic rings. The third-order valence-corrected chi connectivity index (χ3v) is 11.8. The Hall–Kier alpha value is -8.09. The Balaban J connectivity index is 1.14. The van der Waals surface area contributed by atoms with Gasteiger partial charge in [-0.3, -0.25) is 4.57 Å². The van der Waals surface area contributed by atoms with Gasteiger partial charge in [0.2, 0.25) is 5.95 Å². The van der Waals surface area contributed by atoms with Gasteiger partial charge < -0.3 is 8.83 Å². The summed E-state index contributed by atoms with van der Waals surface area (Å²) in [4.78, 5) is 15.8. The first-order valence-corrected chi connectivity index (χ1v) is 19.8. The summed E-state index contributed by atoms with van der Waals surface area (Å²) >= 11 is 0. The summed E-state index contributed by atoms with van der Waals surface area (Å²) < 4.78 is 15.4. The van der Waals surface area contributed by atoms with Gasteiger partial charge in [0, 0.05) is 54.6 Å². The fourth-order valence-electron chi connectivity index (χ4n) is 9.22. The summed E-state index contributed by atoms with van der Waals surface area (Å²) in [6.45, 7) is 0. The Morgan fingerprint density at radius 3 is 1.85 bits per heavy atom. The van der Waals surface area contributed by atoms with Crippen molar-refractivity contribution in [3.63, 3.8) is 0 Å². The molecule has 0 bridgehead atoms. The summed E-state index contributed by atoms with van der Waals surface area (Å²) in [6.07, 6.45) is 0. The molecule has 59 heavy (non-hydrogen) atoms. The lowest BCUT2D eigenvalue weighted by Crippen LogP contribution is -2.07. The molecule has 0 saturated heterocycles. The fourth-order valence-corrected chi connectivity index (χ4v) is 9.22. The number of hydrogen-bond donors (Lipinski definition) is 0. The molecule has 13 rings (SSSR count). The Morgan fingerprint density at radius 2 is 1.02 bits per heavy atom. The van der Waals surface area contributed by atoms with Crippen LogP contribution in [0.4, 0.5) is 0 Å². The van der Waals surface area contributed by atoms with Crippen molar-refractivity contribution in [2.45, 2.75) is 0 Å². The maximum atomic E-state index is 6.84. The predicted molar refractivity (Wildman–Crippen MR) is 240 cm³/mol. The summed E-state index contributed by atoms with van der Waals surface area (Å²) in [5.74, 6) is 1.65. The molecule has 274 valence electrons. The van der Waals surface area contributed by atoms with Crippen LogP contribution in [0.25, 0.3) is 127 Å². The second kappa shape index (κ2) is 12.2. The monoisotopic (exact) mass is 754 g/mol. The van der Waals surface area contributed by atoms with Gasteiger partial charge in [-0.1, -0.05) is 152 Å². The SMILES string of the molecule is c1ccc(-c2nc(-c3ccc4c(c3)oc3ccccc34)nc(-n3c4ccc5ccccc5c4c4cccc(-c5cccc6c5oc5ccc7ccccc7c56)c43)n2)cc1. The number of hydrogen-bond acceptors (Lipinski definition) is 5. The summed E-state index contributed by atoms with van der Waals surface area (Å²) in [5.41, 5.74) is 9.06. The smallest absolute Gasteiger partial charge is 0.238 e. The first-order chi connectivity index (χ1) is 29.2. The predicted octanol–water partition coefficient (Wildman–Crippen LogP) is 14.1. The second-order valence-corrected chi connectivity index (χ2v) is 15.1. The molecule has 0 atom stereocenters. The van der Waals surface area contributed by atoms with Gasteiger partial charge in [0.15, 0.2) is 11.6 Å². The highest BCUT2D eigenvalue weighted by Gasteiger charge is 2.24. The molecule has 0 fully saturated rings. The van der Waals surface area contributed by atoms with E-state index in [2.05, 4.69) is 132 Å². The van der Waals surface area contributed by atoms with E-state index in [1.165, 1.54) is 10.8 Å². The van der Waals surface area contributed by atoms with Crippen molar-refractivity contribution in [1.29, 1.82) is 0 Å². The van der Waals surface area contributed by atoms with E-state index in [0.717, 1.165) is 98.7 Å². The van der Waals surface area contributed by atoms with Crippen molar-refractivity contribution in [2.75, 3.05) is 0 Å². The van der Waals surface area contributed by atoms with Gasteiger partial charge in [-0.05, 0) is 51.9 Å². The van der Waals surface area contributed by atoms with Crippen LogP contribution in [0.1, 0.15) is 0 Å². The Labute approximate surface area is 336 Å². The lowest BCUT2D eigenvalue weighted by molar-refractivity contribution is 0.669. The number of benzene rings is 9. The largest absolute Gasteiger partial charge is 0.456 e. The molecule has 0 spiro atoms. The van der Waals surface area contributed by atoms with Crippen LogP contribution in [-0.4, -0.2) is 19.5 Å². The van der Waals surface area contributed by atoms with Crippen molar-refractivity contribution in [3.8, 4) is 39.9 Å². The van der Waals surface area contributed by atoms with Gasteiger partial charge in [0.1, 0.15) is 22.3 Å². The highest BCUT2D eigenvalue weighted by atomic mass is 16.3. The zero-order valence-electron chi connectivity index (χ0n) is 31.4. The summed E-state index contributed by atoms with van der Waals surface area (Å²) in [7, 11) is 0. The third-order valence-electron chi connectivity index (χ3n) is 11.8. The standard InChI is InChI=1S/C53H30N4O2/c1-2-14-33(15-3-1)51-54-52(34-24-27-38-37-18-8-9-23-44(37)58-46(38)30-34)56-53(55-51)57-43-28-25-31-12-4-6-16-35(31)47(43)41-21-10-19-39(49(41)57)40-20-11-22-42-48-36-17-7-5-13-32(36)26-29-45(48)59-50(40)42/h1-30H. The second-order valence-electron chi connectivity index (χ2n) is 15.1. The number of para-hydroxylation sites is 3. The zero-order chi connectivity index (χ0) is 38.6. The molecule has 4 aromatic heterocycles. The van der Waals surface area contributed by atoms with Crippen LogP contribution in [0.15, 0.2) is 191 Å². The number of aromatic nitrogens is 4. The maximum absolute atomic E-state index is 6.84. The van der Waals surface area contributed by atoms with E-state index >= 15 is 0 Å². The molecule has 0 saturated carbocycles. The number of nitrogens with zero attached hydrogens (tertiary/aromatic N) is 4. The van der Waals surface area contributed by atoms with E-state index in [4.69, 9.17) is 23.8 Å². The van der Waals surface area contributed by atoms with Gasteiger partial charge in [0.25, 0.3) is 0 Å². The van der Waals surface area contributed by atoms with Crippen LogP contribution < -0.4 is 0 Å². The fraction of sp³-hybridized carbons (Fsp3) is 0. The Kier molecular flexibility index (Phi) is 6.63. The highest BCUT2D eigenvalue weighted by Crippen LogP contribution is 2.45. The number of rotatable bonds is 4. The molecule has 0 aliphatic carbocycles. The van der Waals surface area contributed by atoms with Crippen LogP contribution in [-0.2, 0) is 0 Å². The Bertz CT molecular complexity index is 3860. The first kappa shape index (κ1) is 32.0. The average Bonchev–Trinajstić information content (AvgIpc) is 3.99. The normalized spacial score (nSPS) is 12.1. The van der Waals surface area contributed by atoms with Gasteiger partial charge in [0.05, 0.1) is 11.0 Å². The van der Waals surface area contributed by atoms with Crippen molar-refractivity contribution in [3.05, 3.63) is 182 Å². The number of furan rings is 2. The topological polar surface area (TPSA) is 69.9 Å². The van der Waals surface area contributed by atoms with Crippen LogP contribution in [0.5, 0.6) is 0 Å². The average molecular weight is 755 g/mol. The molecule has 9 aromatic carbocycles. The van der Waals surface area contributed by atoms with Crippen molar-refractivity contribution < 1.29 is 8.83 Å². The lowest BCUT2D eigenvalue weighted by Gasteiger charge is -2.13. The van der Waals surface area contributed by atoms with Gasteiger partial charge in [-0.15, -0.1) is 0 Å². The molecule has 0 radical (unpaired) electrons. The molecule has 0 aliphatic heterocycles. The van der Waals surface area contributed by atoms with Crippen LogP contribution in [0, 0.1) is 0 Å². The lowest BCUT2D eigenvalue weighted by atomic mass is 9.97. The van der Waals surface area contributed by atoms with Gasteiger partial charge in [-0.2, -0.15) is 9.97 Å². The van der Waals surface area contributed by atoms with Crippen LogP contribution >= 0.6 is 0 Å². The molecule has 0 N–H and O–H groups in total. The van der Waals surface area contributed by atoms with E-state index in [9.17, 15) is 0 Å². The van der Waals surface area contributed by atoms with Crippen LogP contribution in [0.3, 0.4) is 0 Å². The minimum atomic E-state index is 0.518. The van der Waals surface area contributed by atoms with E-state index in [1.807, 2.05) is 54.6 Å². The van der Waals surface area contributed by atoms with Gasteiger partial charge >= 0.3 is 0 Å².